The normalized spacial score (nSPS) is 12.8. The van der Waals surface area contributed by atoms with Gasteiger partial charge in [0.05, 0.1) is 12.7 Å². The highest BCUT2D eigenvalue weighted by molar-refractivity contribution is 6.40. The molecule has 0 spiro atoms. The van der Waals surface area contributed by atoms with Gasteiger partial charge in [-0.15, -0.1) is 0 Å². The van der Waals surface area contributed by atoms with Crippen LogP contribution in [0, 0.1) is 6.92 Å². The molecule has 2 rings (SSSR count). The Morgan fingerprint density at radius 2 is 1.81 bits per heavy atom. The van der Waals surface area contributed by atoms with Gasteiger partial charge >= 0.3 is 11.8 Å². The number of carbonyl (C=O) groups excluding carboxylic acids is 2. The second-order valence-corrected chi connectivity index (χ2v) is 7.05. The van der Waals surface area contributed by atoms with Crippen molar-refractivity contribution in [2.45, 2.75) is 25.9 Å². The molecule has 0 heterocycles. The number of anilines is 1. The fraction of sp³-hybridized carbons (Fsp3) is 0.300. The molecule has 0 saturated heterocycles. The lowest BCUT2D eigenvalue weighted by Gasteiger charge is -2.23. The maximum atomic E-state index is 12.1. The number of ether oxygens (including phenoxy) is 1. The van der Waals surface area contributed by atoms with Gasteiger partial charge in [0.25, 0.3) is 0 Å². The number of benzene rings is 2. The Balaban J connectivity index is 1.90. The number of amides is 2. The SMILES string of the molecule is COc1ccc(CC(C)(O)CNC(=O)C(=O)Nc2cc(Cl)ccc2C)cc1. The summed E-state index contributed by atoms with van der Waals surface area (Å²) in [5.41, 5.74) is 0.921. The van der Waals surface area contributed by atoms with E-state index in [2.05, 4.69) is 10.6 Å². The monoisotopic (exact) mass is 390 g/mol. The van der Waals surface area contributed by atoms with E-state index in [9.17, 15) is 14.7 Å². The molecule has 1 atom stereocenters. The summed E-state index contributed by atoms with van der Waals surface area (Å²) in [6.45, 7) is 3.32. The van der Waals surface area contributed by atoms with Gasteiger partial charge in [0, 0.05) is 23.7 Å². The molecule has 2 amide bonds. The molecular formula is C20H23ClN2O4. The zero-order chi connectivity index (χ0) is 20.0. The van der Waals surface area contributed by atoms with Crippen LogP contribution in [0.3, 0.4) is 0 Å². The van der Waals surface area contributed by atoms with Crippen molar-refractivity contribution in [3.63, 3.8) is 0 Å². The lowest BCUT2D eigenvalue weighted by Crippen LogP contribution is -2.45. The third-order valence-corrected chi connectivity index (χ3v) is 4.26. The number of aryl methyl sites for hydroxylation is 1. The number of halogens is 1. The number of hydrogen-bond donors (Lipinski definition) is 3. The maximum Gasteiger partial charge on any atom is 0.313 e. The number of carbonyl (C=O) groups is 2. The Bertz CT molecular complexity index is 819. The van der Waals surface area contributed by atoms with Crippen LogP contribution in [0.2, 0.25) is 5.02 Å². The van der Waals surface area contributed by atoms with E-state index in [4.69, 9.17) is 16.3 Å². The van der Waals surface area contributed by atoms with Crippen LogP contribution in [-0.2, 0) is 16.0 Å². The molecule has 0 bridgehead atoms. The van der Waals surface area contributed by atoms with Crippen LogP contribution in [0.25, 0.3) is 0 Å². The molecule has 1 unspecified atom stereocenters. The molecule has 6 nitrogen and oxygen atoms in total. The highest BCUT2D eigenvalue weighted by atomic mass is 35.5. The minimum Gasteiger partial charge on any atom is -0.497 e. The Kier molecular flexibility index (Phi) is 6.82. The van der Waals surface area contributed by atoms with Crippen LogP contribution >= 0.6 is 11.6 Å². The number of nitrogens with one attached hydrogen (secondary N) is 2. The topological polar surface area (TPSA) is 87.7 Å². The van der Waals surface area contributed by atoms with Gasteiger partial charge in [-0.1, -0.05) is 29.8 Å². The smallest absolute Gasteiger partial charge is 0.313 e. The summed E-state index contributed by atoms with van der Waals surface area (Å²) < 4.78 is 5.10. The van der Waals surface area contributed by atoms with Crippen molar-refractivity contribution >= 4 is 29.1 Å². The van der Waals surface area contributed by atoms with E-state index >= 15 is 0 Å². The van der Waals surface area contributed by atoms with Gasteiger partial charge in [-0.2, -0.15) is 0 Å². The van der Waals surface area contributed by atoms with E-state index in [0.717, 1.165) is 16.9 Å². The summed E-state index contributed by atoms with van der Waals surface area (Å²) in [5.74, 6) is -0.926. The first-order chi connectivity index (χ1) is 12.7. The van der Waals surface area contributed by atoms with Crippen molar-refractivity contribution in [1.82, 2.24) is 5.32 Å². The Hall–Kier alpha value is -2.57. The van der Waals surface area contributed by atoms with Gasteiger partial charge in [0.1, 0.15) is 5.75 Å². The van der Waals surface area contributed by atoms with Crippen molar-refractivity contribution in [3.05, 3.63) is 58.6 Å². The summed E-state index contributed by atoms with van der Waals surface area (Å²) in [7, 11) is 1.58. The molecule has 144 valence electrons. The summed E-state index contributed by atoms with van der Waals surface area (Å²) in [4.78, 5) is 24.1. The van der Waals surface area contributed by atoms with E-state index in [1.54, 1.807) is 51.3 Å². The number of methoxy groups -OCH3 is 1. The Labute approximate surface area is 163 Å². The highest BCUT2D eigenvalue weighted by Gasteiger charge is 2.24. The predicted molar refractivity (Wildman–Crippen MR) is 105 cm³/mol. The molecule has 0 radical (unpaired) electrons. The third-order valence-electron chi connectivity index (χ3n) is 4.03. The Morgan fingerprint density at radius 1 is 1.15 bits per heavy atom. The average molecular weight is 391 g/mol. The van der Waals surface area contributed by atoms with E-state index in [1.165, 1.54) is 0 Å². The summed E-state index contributed by atoms with van der Waals surface area (Å²) in [5, 5.41) is 15.9. The molecule has 0 aliphatic rings. The van der Waals surface area contributed by atoms with Gasteiger partial charge in [0.15, 0.2) is 0 Å². The van der Waals surface area contributed by atoms with E-state index in [-0.39, 0.29) is 6.54 Å². The average Bonchev–Trinajstić information content (AvgIpc) is 2.63. The molecule has 0 saturated carbocycles. The minimum atomic E-state index is -1.21. The molecule has 0 aromatic heterocycles. The van der Waals surface area contributed by atoms with Crippen molar-refractivity contribution in [1.29, 1.82) is 0 Å². The first-order valence-electron chi connectivity index (χ1n) is 8.41. The first-order valence-corrected chi connectivity index (χ1v) is 8.78. The molecule has 0 fully saturated rings. The first kappa shape index (κ1) is 20.7. The lowest BCUT2D eigenvalue weighted by atomic mass is 9.96. The molecule has 2 aromatic carbocycles. The Morgan fingerprint density at radius 3 is 2.44 bits per heavy atom. The highest BCUT2D eigenvalue weighted by Crippen LogP contribution is 2.20. The number of aliphatic hydroxyl groups is 1. The molecule has 0 aliphatic heterocycles. The summed E-state index contributed by atoms with van der Waals surface area (Å²) in [6.07, 6.45) is 0.312. The standard InChI is InChI=1S/C20H23ClN2O4/c1-13-4-7-15(21)10-17(13)23-19(25)18(24)22-12-20(2,26)11-14-5-8-16(27-3)9-6-14/h4-10,26H,11-12H2,1-3H3,(H,22,24)(H,23,25). The molecule has 2 aromatic rings. The zero-order valence-electron chi connectivity index (χ0n) is 15.5. The minimum absolute atomic E-state index is 0.0696. The molecule has 3 N–H and O–H groups in total. The lowest BCUT2D eigenvalue weighted by molar-refractivity contribution is -0.136. The van der Waals surface area contributed by atoms with Crippen LogP contribution in [0.15, 0.2) is 42.5 Å². The van der Waals surface area contributed by atoms with E-state index in [1.807, 2.05) is 12.1 Å². The quantitative estimate of drug-likeness (QED) is 0.662. The fourth-order valence-corrected chi connectivity index (χ4v) is 2.68. The predicted octanol–water partition coefficient (Wildman–Crippen LogP) is 2.71. The second-order valence-electron chi connectivity index (χ2n) is 6.62. The second kappa shape index (κ2) is 8.88. The zero-order valence-corrected chi connectivity index (χ0v) is 16.3. The van der Waals surface area contributed by atoms with Gasteiger partial charge in [-0.25, -0.2) is 0 Å². The van der Waals surface area contributed by atoms with Gasteiger partial charge in [-0.3, -0.25) is 9.59 Å². The van der Waals surface area contributed by atoms with Crippen molar-refractivity contribution in [3.8, 4) is 5.75 Å². The number of hydrogen-bond acceptors (Lipinski definition) is 4. The maximum absolute atomic E-state index is 12.1. The van der Waals surface area contributed by atoms with Crippen LogP contribution < -0.4 is 15.4 Å². The van der Waals surface area contributed by atoms with Crippen molar-refractivity contribution in [2.75, 3.05) is 19.0 Å². The molecular weight excluding hydrogens is 368 g/mol. The van der Waals surface area contributed by atoms with Crippen molar-refractivity contribution < 1.29 is 19.4 Å². The van der Waals surface area contributed by atoms with E-state index in [0.29, 0.717) is 17.1 Å². The summed E-state index contributed by atoms with van der Waals surface area (Å²) >= 11 is 5.90. The largest absolute Gasteiger partial charge is 0.497 e. The number of rotatable bonds is 6. The van der Waals surface area contributed by atoms with Gasteiger partial charge < -0.3 is 20.5 Å². The summed E-state index contributed by atoms with van der Waals surface area (Å²) in [6, 6.07) is 12.3. The van der Waals surface area contributed by atoms with Crippen LogP contribution in [0.4, 0.5) is 5.69 Å². The van der Waals surface area contributed by atoms with Crippen LogP contribution in [-0.4, -0.2) is 36.2 Å². The van der Waals surface area contributed by atoms with Gasteiger partial charge in [0.2, 0.25) is 0 Å². The third kappa shape index (κ3) is 6.27. The van der Waals surface area contributed by atoms with E-state index < -0.39 is 17.4 Å². The fourth-order valence-electron chi connectivity index (χ4n) is 2.50. The van der Waals surface area contributed by atoms with Crippen molar-refractivity contribution in [2.24, 2.45) is 0 Å². The van der Waals surface area contributed by atoms with Crippen LogP contribution in [0.5, 0.6) is 5.75 Å². The van der Waals surface area contributed by atoms with Crippen LogP contribution in [0.1, 0.15) is 18.1 Å². The molecule has 0 aliphatic carbocycles. The molecule has 7 heteroatoms. The molecule has 27 heavy (non-hydrogen) atoms. The van der Waals surface area contributed by atoms with Gasteiger partial charge in [-0.05, 0) is 49.2 Å².